The monoisotopic (exact) mass is 390 g/mol. The summed E-state index contributed by atoms with van der Waals surface area (Å²) in [5.41, 5.74) is 1.86. The van der Waals surface area contributed by atoms with E-state index >= 15 is 0 Å². The maximum absolute atomic E-state index is 12.1. The minimum Gasteiger partial charge on any atom is -0.507 e. The van der Waals surface area contributed by atoms with Crippen LogP contribution in [0.5, 0.6) is 11.5 Å². The largest absolute Gasteiger partial charge is 0.507 e. The summed E-state index contributed by atoms with van der Waals surface area (Å²) >= 11 is 0. The van der Waals surface area contributed by atoms with Crippen LogP contribution in [0.1, 0.15) is 66.6 Å². The van der Waals surface area contributed by atoms with Gasteiger partial charge in [0.05, 0.1) is 0 Å². The van der Waals surface area contributed by atoms with Crippen LogP contribution in [0.15, 0.2) is 36.4 Å². The van der Waals surface area contributed by atoms with Crippen LogP contribution >= 0.6 is 0 Å². The van der Waals surface area contributed by atoms with Crippen molar-refractivity contribution in [3.8, 4) is 11.5 Å². The predicted octanol–water partition coefficient (Wildman–Crippen LogP) is 5.56. The van der Waals surface area contributed by atoms with Crippen LogP contribution in [0.4, 0.5) is 0 Å². The Balaban J connectivity index is 1.67. The van der Waals surface area contributed by atoms with Crippen LogP contribution in [0.25, 0.3) is 12.2 Å². The Hall–Kier alpha value is -2.75. The van der Waals surface area contributed by atoms with Crippen molar-refractivity contribution in [2.24, 2.45) is 17.3 Å². The molecule has 2 aromatic rings. The van der Waals surface area contributed by atoms with E-state index in [-0.39, 0.29) is 28.2 Å². The summed E-state index contributed by atoms with van der Waals surface area (Å²) in [5, 5.41) is 21.0. The number of benzene rings is 2. The summed E-state index contributed by atoms with van der Waals surface area (Å²) in [5.74, 6) is 0.394. The van der Waals surface area contributed by atoms with Gasteiger partial charge in [0.25, 0.3) is 0 Å². The zero-order chi connectivity index (χ0) is 20.6. The smallest absolute Gasteiger partial charge is 0.340 e. The third-order valence-electron chi connectivity index (χ3n) is 7.66. The third-order valence-corrected chi connectivity index (χ3v) is 7.66. The first-order valence-corrected chi connectivity index (χ1v) is 10.3. The van der Waals surface area contributed by atoms with E-state index in [0.717, 1.165) is 18.4 Å². The van der Waals surface area contributed by atoms with Gasteiger partial charge in [0.1, 0.15) is 22.7 Å². The second kappa shape index (κ2) is 5.88. The molecule has 2 fully saturated rings. The third kappa shape index (κ3) is 2.41. The van der Waals surface area contributed by atoms with Crippen LogP contribution in [-0.2, 0) is 0 Å². The topological polar surface area (TPSA) is 66.8 Å². The Labute approximate surface area is 170 Å². The van der Waals surface area contributed by atoms with E-state index in [1.54, 1.807) is 12.1 Å². The van der Waals surface area contributed by atoms with Crippen molar-refractivity contribution in [2.45, 2.75) is 45.1 Å². The molecule has 4 atom stereocenters. The zero-order valence-electron chi connectivity index (χ0n) is 17.0. The van der Waals surface area contributed by atoms with E-state index in [1.807, 2.05) is 36.4 Å². The molecule has 150 valence electrons. The fourth-order valence-corrected chi connectivity index (χ4v) is 6.30. The van der Waals surface area contributed by atoms with Crippen LogP contribution in [0.3, 0.4) is 0 Å². The van der Waals surface area contributed by atoms with Gasteiger partial charge in [-0.25, -0.2) is 4.79 Å². The molecule has 1 heterocycles. The van der Waals surface area contributed by atoms with Gasteiger partial charge in [0.15, 0.2) is 0 Å². The lowest BCUT2D eigenvalue weighted by Crippen LogP contribution is -2.59. The molecule has 4 nitrogen and oxygen atoms in total. The van der Waals surface area contributed by atoms with E-state index in [2.05, 4.69) is 20.8 Å². The maximum atomic E-state index is 12.1. The number of phenols is 1. The van der Waals surface area contributed by atoms with Gasteiger partial charge in [0.2, 0.25) is 0 Å². The first-order valence-electron chi connectivity index (χ1n) is 10.3. The van der Waals surface area contributed by atoms with Gasteiger partial charge in [-0.3, -0.25) is 0 Å². The van der Waals surface area contributed by atoms with Crippen molar-refractivity contribution >= 4 is 18.1 Å². The fourth-order valence-electron chi connectivity index (χ4n) is 6.30. The summed E-state index contributed by atoms with van der Waals surface area (Å²) in [4.78, 5) is 12.1. The number of ether oxygens (including phenoxy) is 1. The number of carboxylic acids is 1. The molecular formula is C25H26O4. The lowest BCUT2D eigenvalue weighted by atomic mass is 9.45. The van der Waals surface area contributed by atoms with Crippen LogP contribution in [0.2, 0.25) is 0 Å². The minimum atomic E-state index is -1.12. The standard InChI is InChI=1S/C25H26O4/c1-24(2)16-11-12-25(3)20(16)21(24)19-17(29-25)13-15(18(22(19)26)23(27)28)10-9-14-7-5-4-6-8-14/h4-10,13,16,20-21,26H,11-12H2,1-3H3,(H,27,28)/t16-,20+,21+,25+/m1/s1. The lowest BCUT2D eigenvalue weighted by molar-refractivity contribution is -0.121. The first kappa shape index (κ1) is 18.3. The van der Waals surface area contributed by atoms with Crippen LogP contribution in [-0.4, -0.2) is 21.8 Å². The summed E-state index contributed by atoms with van der Waals surface area (Å²) in [6.07, 6.45) is 5.73. The van der Waals surface area contributed by atoms with E-state index in [4.69, 9.17) is 4.74 Å². The van der Waals surface area contributed by atoms with Crippen molar-refractivity contribution in [3.63, 3.8) is 0 Å². The number of hydrogen-bond donors (Lipinski definition) is 2. The summed E-state index contributed by atoms with van der Waals surface area (Å²) in [7, 11) is 0. The highest BCUT2D eigenvalue weighted by atomic mass is 16.5. The van der Waals surface area contributed by atoms with E-state index < -0.39 is 5.97 Å². The minimum absolute atomic E-state index is 0.0234. The Morgan fingerprint density at radius 1 is 1.17 bits per heavy atom. The summed E-state index contributed by atoms with van der Waals surface area (Å²) in [6.45, 7) is 6.65. The van der Waals surface area contributed by atoms with Gasteiger partial charge in [-0.05, 0) is 48.3 Å². The molecule has 2 N–H and O–H groups in total. The average molecular weight is 390 g/mol. The molecule has 2 aromatic carbocycles. The van der Waals surface area contributed by atoms with Gasteiger partial charge in [-0.1, -0.05) is 56.3 Å². The molecule has 0 spiro atoms. The van der Waals surface area contributed by atoms with Crippen molar-refractivity contribution in [3.05, 3.63) is 58.7 Å². The van der Waals surface area contributed by atoms with E-state index in [0.29, 0.717) is 28.7 Å². The van der Waals surface area contributed by atoms with Gasteiger partial charge >= 0.3 is 5.97 Å². The SMILES string of the molecule is CC1(C)[C@@H]2CC[C@]3(C)Oc4cc(C=Cc5ccccc5)c(C(=O)O)c(O)c4[C@H]1[C@H]23. The molecule has 2 aliphatic carbocycles. The molecule has 1 aliphatic heterocycles. The number of carbonyl (C=O) groups is 1. The molecule has 0 amide bonds. The Morgan fingerprint density at radius 2 is 1.90 bits per heavy atom. The fraction of sp³-hybridized carbons (Fsp3) is 0.400. The second-order valence-corrected chi connectivity index (χ2v) is 9.54. The summed E-state index contributed by atoms with van der Waals surface area (Å²) < 4.78 is 6.46. The molecule has 29 heavy (non-hydrogen) atoms. The molecule has 2 saturated carbocycles. The highest BCUT2D eigenvalue weighted by molar-refractivity contribution is 5.97. The number of hydrogen-bond acceptors (Lipinski definition) is 3. The van der Waals surface area contributed by atoms with Crippen molar-refractivity contribution in [2.75, 3.05) is 0 Å². The van der Waals surface area contributed by atoms with Crippen LogP contribution < -0.4 is 4.74 Å². The first-order chi connectivity index (χ1) is 13.7. The zero-order valence-corrected chi connectivity index (χ0v) is 17.0. The van der Waals surface area contributed by atoms with Crippen molar-refractivity contribution in [1.82, 2.24) is 0 Å². The molecule has 5 rings (SSSR count). The molecule has 0 unspecified atom stereocenters. The Bertz CT molecular complexity index is 1040. The molecule has 0 saturated heterocycles. The lowest BCUT2D eigenvalue weighted by Gasteiger charge is -2.62. The normalized spacial score (nSPS) is 30.9. The average Bonchev–Trinajstić information content (AvgIpc) is 3.01. The Kier molecular flexibility index (Phi) is 3.71. The number of aromatic hydroxyl groups is 1. The highest BCUT2D eigenvalue weighted by Crippen LogP contribution is 2.74. The van der Waals surface area contributed by atoms with E-state index in [1.165, 1.54) is 0 Å². The molecule has 0 aromatic heterocycles. The van der Waals surface area contributed by atoms with Gasteiger partial charge in [-0.2, -0.15) is 0 Å². The molecule has 0 bridgehead atoms. The predicted molar refractivity (Wildman–Crippen MR) is 112 cm³/mol. The number of aromatic carboxylic acids is 1. The summed E-state index contributed by atoms with van der Waals surface area (Å²) in [6, 6.07) is 11.5. The Morgan fingerprint density at radius 3 is 2.59 bits per heavy atom. The van der Waals surface area contributed by atoms with Crippen molar-refractivity contribution in [1.29, 1.82) is 0 Å². The quantitative estimate of drug-likeness (QED) is 0.673. The second-order valence-electron chi connectivity index (χ2n) is 9.54. The van der Waals surface area contributed by atoms with Crippen molar-refractivity contribution < 1.29 is 19.7 Å². The molecule has 4 heteroatoms. The van der Waals surface area contributed by atoms with Crippen LogP contribution in [0, 0.1) is 17.3 Å². The molecular weight excluding hydrogens is 364 g/mol. The highest BCUT2D eigenvalue weighted by Gasteiger charge is 2.69. The van der Waals surface area contributed by atoms with Gasteiger partial charge in [0, 0.05) is 17.4 Å². The number of fused-ring (bicyclic) bond motifs is 2. The van der Waals surface area contributed by atoms with Gasteiger partial charge < -0.3 is 14.9 Å². The number of rotatable bonds is 3. The van der Waals surface area contributed by atoms with Gasteiger partial charge in [-0.15, -0.1) is 0 Å². The number of carboxylic acid groups (broad SMARTS) is 1. The molecule has 3 aliphatic rings. The van der Waals surface area contributed by atoms with E-state index in [9.17, 15) is 15.0 Å². The molecule has 0 radical (unpaired) electrons. The maximum Gasteiger partial charge on any atom is 0.340 e.